The molecular formula is C25H32N4O6S2. The minimum Gasteiger partial charge on any atom is -0.456 e. The molecule has 12 heteroatoms. The predicted octanol–water partition coefficient (Wildman–Crippen LogP) is 3.13. The number of carbonyl (C=O) groups is 2. The molecule has 3 aromatic rings. The number of nitrogens with zero attached hydrogens (tertiary/aromatic N) is 2. The van der Waals surface area contributed by atoms with Gasteiger partial charge in [0.15, 0.2) is 0 Å². The van der Waals surface area contributed by atoms with Crippen molar-refractivity contribution in [1.82, 2.24) is 19.6 Å². The van der Waals surface area contributed by atoms with Crippen LogP contribution in [-0.4, -0.2) is 53.7 Å². The van der Waals surface area contributed by atoms with Gasteiger partial charge in [0.2, 0.25) is 10.0 Å². The normalized spacial score (nSPS) is 12.8. The maximum absolute atomic E-state index is 13.0. The first kappa shape index (κ1) is 28.5. The number of sulfonamides is 1. The van der Waals surface area contributed by atoms with E-state index in [2.05, 4.69) is 15.3 Å². The van der Waals surface area contributed by atoms with Crippen LogP contribution in [0.5, 0.6) is 0 Å². The SMILES string of the molecule is CCN(CC)S(=O)(=O)c1cccc(C(=O)N[C@H](C(=O)OCc2nc3sc(C)c(C)c3c(=O)[nH]2)C(C)C)c1. The summed E-state index contributed by atoms with van der Waals surface area (Å²) in [4.78, 5) is 46.9. The first-order valence-electron chi connectivity index (χ1n) is 12.0. The summed E-state index contributed by atoms with van der Waals surface area (Å²) >= 11 is 1.39. The lowest BCUT2D eigenvalue weighted by molar-refractivity contribution is -0.148. The Labute approximate surface area is 220 Å². The van der Waals surface area contributed by atoms with Crippen LogP contribution in [0.25, 0.3) is 10.2 Å². The fourth-order valence-electron chi connectivity index (χ4n) is 3.83. The molecule has 2 N–H and O–H groups in total. The van der Waals surface area contributed by atoms with Crippen molar-refractivity contribution in [3.63, 3.8) is 0 Å². The number of aryl methyl sites for hydroxylation is 2. The van der Waals surface area contributed by atoms with Crippen LogP contribution >= 0.6 is 11.3 Å². The number of benzene rings is 1. The van der Waals surface area contributed by atoms with E-state index in [0.29, 0.717) is 23.3 Å². The first-order valence-corrected chi connectivity index (χ1v) is 14.2. The molecule has 37 heavy (non-hydrogen) atoms. The van der Waals surface area contributed by atoms with Gasteiger partial charge in [-0.2, -0.15) is 4.31 Å². The molecule has 0 aliphatic rings. The van der Waals surface area contributed by atoms with Gasteiger partial charge in [-0.25, -0.2) is 18.2 Å². The van der Waals surface area contributed by atoms with Gasteiger partial charge in [-0.1, -0.05) is 33.8 Å². The zero-order valence-electron chi connectivity index (χ0n) is 21.7. The summed E-state index contributed by atoms with van der Waals surface area (Å²) < 4.78 is 32.4. The van der Waals surface area contributed by atoms with Gasteiger partial charge in [0.1, 0.15) is 23.3 Å². The van der Waals surface area contributed by atoms with Gasteiger partial charge < -0.3 is 15.0 Å². The summed E-state index contributed by atoms with van der Waals surface area (Å²) in [5.74, 6) is -1.42. The van der Waals surface area contributed by atoms with Crippen LogP contribution in [0.15, 0.2) is 34.0 Å². The van der Waals surface area contributed by atoms with E-state index < -0.39 is 27.9 Å². The van der Waals surface area contributed by atoms with Crippen LogP contribution in [0.3, 0.4) is 0 Å². The van der Waals surface area contributed by atoms with Gasteiger partial charge in [-0.05, 0) is 43.5 Å². The molecule has 0 radical (unpaired) electrons. The molecule has 0 saturated heterocycles. The smallest absolute Gasteiger partial charge is 0.329 e. The Morgan fingerprint density at radius 2 is 1.86 bits per heavy atom. The Kier molecular flexibility index (Phi) is 8.88. The number of hydrogen-bond donors (Lipinski definition) is 2. The summed E-state index contributed by atoms with van der Waals surface area (Å²) in [7, 11) is -3.75. The highest BCUT2D eigenvalue weighted by Crippen LogP contribution is 2.25. The van der Waals surface area contributed by atoms with Crippen molar-refractivity contribution in [1.29, 1.82) is 0 Å². The van der Waals surface area contributed by atoms with Crippen LogP contribution in [0.1, 0.15) is 54.3 Å². The Bertz CT molecular complexity index is 1470. The molecule has 2 heterocycles. The minimum atomic E-state index is -3.75. The van der Waals surface area contributed by atoms with E-state index in [1.54, 1.807) is 27.7 Å². The second-order valence-corrected chi connectivity index (χ2v) is 12.0. The number of aromatic amines is 1. The highest BCUT2D eigenvalue weighted by Gasteiger charge is 2.28. The number of carbonyl (C=O) groups excluding carboxylic acids is 2. The lowest BCUT2D eigenvalue weighted by Crippen LogP contribution is -2.45. The third-order valence-corrected chi connectivity index (χ3v) is 9.23. The lowest BCUT2D eigenvalue weighted by Gasteiger charge is -2.21. The number of ether oxygens (including phenoxy) is 1. The average molecular weight is 549 g/mol. The molecule has 0 unspecified atom stereocenters. The highest BCUT2D eigenvalue weighted by atomic mass is 32.2. The monoisotopic (exact) mass is 548 g/mol. The molecule has 3 rings (SSSR count). The fourth-order valence-corrected chi connectivity index (χ4v) is 6.38. The molecule has 1 atom stereocenters. The lowest BCUT2D eigenvalue weighted by atomic mass is 10.0. The van der Waals surface area contributed by atoms with Gasteiger partial charge in [0, 0.05) is 23.5 Å². The predicted molar refractivity (Wildman–Crippen MR) is 142 cm³/mol. The van der Waals surface area contributed by atoms with E-state index in [4.69, 9.17) is 4.74 Å². The largest absolute Gasteiger partial charge is 0.456 e. The quantitative estimate of drug-likeness (QED) is 0.371. The van der Waals surface area contributed by atoms with Crippen LogP contribution in [0.4, 0.5) is 0 Å². The van der Waals surface area contributed by atoms with Crippen molar-refractivity contribution in [2.45, 2.75) is 59.1 Å². The molecule has 1 aromatic carbocycles. The van der Waals surface area contributed by atoms with Gasteiger partial charge in [-0.3, -0.25) is 9.59 Å². The second kappa shape index (κ2) is 11.5. The van der Waals surface area contributed by atoms with Crippen LogP contribution < -0.4 is 10.9 Å². The number of thiophene rings is 1. The summed E-state index contributed by atoms with van der Waals surface area (Å²) in [5, 5.41) is 3.17. The third kappa shape index (κ3) is 6.08. The number of fused-ring (bicyclic) bond motifs is 1. The summed E-state index contributed by atoms with van der Waals surface area (Å²) in [6.45, 7) is 11.1. The second-order valence-electron chi connectivity index (χ2n) is 8.90. The van der Waals surface area contributed by atoms with E-state index in [0.717, 1.165) is 10.4 Å². The number of hydrogen-bond acceptors (Lipinski definition) is 8. The van der Waals surface area contributed by atoms with E-state index in [9.17, 15) is 22.8 Å². The van der Waals surface area contributed by atoms with Crippen molar-refractivity contribution in [2.75, 3.05) is 13.1 Å². The van der Waals surface area contributed by atoms with Crippen molar-refractivity contribution in [2.24, 2.45) is 5.92 Å². The summed E-state index contributed by atoms with van der Waals surface area (Å²) in [6.07, 6.45) is 0. The first-order chi connectivity index (χ1) is 17.4. The molecule has 0 fully saturated rings. The Balaban J connectivity index is 1.75. The molecule has 0 aliphatic heterocycles. The topological polar surface area (TPSA) is 139 Å². The van der Waals surface area contributed by atoms with Crippen LogP contribution in [0.2, 0.25) is 0 Å². The number of amides is 1. The number of aromatic nitrogens is 2. The minimum absolute atomic E-state index is 0.00278. The molecule has 10 nitrogen and oxygen atoms in total. The fraction of sp³-hybridized carbons (Fsp3) is 0.440. The summed E-state index contributed by atoms with van der Waals surface area (Å²) in [5.41, 5.74) is 0.673. The van der Waals surface area contributed by atoms with E-state index in [1.807, 2.05) is 13.8 Å². The van der Waals surface area contributed by atoms with Crippen LogP contribution in [-0.2, 0) is 26.2 Å². The van der Waals surface area contributed by atoms with Crippen molar-refractivity contribution >= 4 is 43.5 Å². The van der Waals surface area contributed by atoms with Crippen LogP contribution in [0, 0.1) is 19.8 Å². The van der Waals surface area contributed by atoms with Gasteiger partial charge in [-0.15, -0.1) is 11.3 Å². The van der Waals surface area contributed by atoms with E-state index >= 15 is 0 Å². The van der Waals surface area contributed by atoms with Crippen molar-refractivity contribution in [3.8, 4) is 0 Å². The zero-order valence-corrected chi connectivity index (χ0v) is 23.4. The van der Waals surface area contributed by atoms with Gasteiger partial charge in [0.05, 0.1) is 10.3 Å². The molecule has 0 spiro atoms. The molecule has 0 aliphatic carbocycles. The maximum Gasteiger partial charge on any atom is 0.329 e. The number of rotatable bonds is 10. The molecule has 2 aromatic heterocycles. The van der Waals surface area contributed by atoms with E-state index in [1.165, 1.54) is 39.9 Å². The number of H-pyrrole nitrogens is 1. The Morgan fingerprint density at radius 3 is 2.49 bits per heavy atom. The maximum atomic E-state index is 13.0. The number of esters is 1. The highest BCUT2D eigenvalue weighted by molar-refractivity contribution is 7.89. The molecular weight excluding hydrogens is 516 g/mol. The zero-order chi connectivity index (χ0) is 27.5. The number of nitrogens with one attached hydrogen (secondary N) is 2. The van der Waals surface area contributed by atoms with Gasteiger partial charge in [0.25, 0.3) is 11.5 Å². The summed E-state index contributed by atoms with van der Waals surface area (Å²) in [6, 6.07) is 4.69. The Hall–Kier alpha value is -3.09. The molecule has 200 valence electrons. The van der Waals surface area contributed by atoms with E-state index in [-0.39, 0.29) is 34.4 Å². The Morgan fingerprint density at radius 1 is 1.19 bits per heavy atom. The molecule has 1 amide bonds. The molecule has 0 saturated carbocycles. The van der Waals surface area contributed by atoms with Crippen molar-refractivity contribution < 1.29 is 22.7 Å². The van der Waals surface area contributed by atoms with Crippen molar-refractivity contribution in [3.05, 3.63) is 56.4 Å². The average Bonchev–Trinajstić information content (AvgIpc) is 3.14. The molecule has 0 bridgehead atoms. The standard InChI is InChI=1S/C25H32N4O6S2/c1-7-29(8-2)37(33,34)18-11-9-10-17(12-18)22(30)28-21(14(3)4)25(32)35-13-19-26-23(31)20-15(5)16(6)36-24(20)27-19/h9-12,14,21H,7-8,13H2,1-6H3,(H,28,30)(H,26,27,31)/t21-/m0/s1. The van der Waals surface area contributed by atoms with Gasteiger partial charge >= 0.3 is 5.97 Å². The third-order valence-electron chi connectivity index (χ3n) is 6.09.